The maximum atomic E-state index is 14.3. The van der Waals surface area contributed by atoms with Gasteiger partial charge in [0.2, 0.25) is 0 Å². The number of hydrogen-bond donors (Lipinski definition) is 1. The highest BCUT2D eigenvalue weighted by molar-refractivity contribution is 7.74. The summed E-state index contributed by atoms with van der Waals surface area (Å²) in [5, 5.41) is 2.64. The van der Waals surface area contributed by atoms with Crippen LogP contribution in [0.25, 0.3) is 0 Å². The molecule has 0 radical (unpaired) electrons. The number of aryl methyl sites for hydroxylation is 1. The van der Waals surface area contributed by atoms with E-state index in [1.165, 1.54) is 12.5 Å². The van der Waals surface area contributed by atoms with Crippen LogP contribution in [0.3, 0.4) is 0 Å². The number of carbonyl (C=O) groups is 2. The minimum Gasteiger partial charge on any atom is -0.487 e. The molecule has 0 fully saturated rings. The zero-order valence-electron chi connectivity index (χ0n) is 24.8. The summed E-state index contributed by atoms with van der Waals surface area (Å²) in [6.07, 6.45) is 7.57. The molecular formula is C30H46NO7P. The van der Waals surface area contributed by atoms with Crippen LogP contribution in [0.15, 0.2) is 23.8 Å². The first kappa shape index (κ1) is 31.2. The fraction of sp³-hybridized carbons (Fsp3) is 0.667. The molecule has 1 aliphatic heterocycles. The molecule has 4 unspecified atom stereocenters. The number of rotatable bonds is 12. The second-order valence-electron chi connectivity index (χ2n) is 11.5. The number of unbranched alkanes of at least 4 members (excludes halogenated alkanes) is 2. The molecule has 4 atom stereocenters. The standard InChI is InChI=1S/C30H46NO7P/c1-9-11-12-13-22-17-25-27(23-16-20(5)14-15-24(23)30(7,8)37-25)26(18-22)38-39(34,29(33)36-19(3)4)31-21(6)28(32)35-10-2/h16-19,21,23-24H,9-15H2,1-8H3,(H,31,34). The van der Waals surface area contributed by atoms with Crippen LogP contribution in [0.1, 0.15) is 105 Å². The van der Waals surface area contributed by atoms with E-state index in [4.69, 9.17) is 18.7 Å². The van der Waals surface area contributed by atoms with Crippen LogP contribution in [0.4, 0.5) is 4.79 Å². The third-order valence-electron chi connectivity index (χ3n) is 7.39. The Morgan fingerprint density at radius 2 is 1.90 bits per heavy atom. The molecule has 8 nitrogen and oxygen atoms in total. The molecule has 1 aliphatic carbocycles. The Morgan fingerprint density at radius 1 is 1.18 bits per heavy atom. The Kier molecular flexibility index (Phi) is 10.3. The predicted molar refractivity (Wildman–Crippen MR) is 153 cm³/mol. The molecule has 39 heavy (non-hydrogen) atoms. The highest BCUT2D eigenvalue weighted by Crippen LogP contribution is 2.57. The number of fused-ring (bicyclic) bond motifs is 3. The Morgan fingerprint density at radius 3 is 2.54 bits per heavy atom. The van der Waals surface area contributed by atoms with Gasteiger partial charge in [-0.25, -0.2) is 14.4 Å². The number of benzene rings is 1. The van der Waals surface area contributed by atoms with Crippen LogP contribution in [0.2, 0.25) is 0 Å². The molecular weight excluding hydrogens is 517 g/mol. The van der Waals surface area contributed by atoms with E-state index >= 15 is 0 Å². The highest BCUT2D eigenvalue weighted by Gasteiger charge is 2.47. The van der Waals surface area contributed by atoms with E-state index in [-0.39, 0.29) is 18.4 Å². The Hall–Kier alpha value is -2.31. The lowest BCUT2D eigenvalue weighted by Gasteiger charge is -2.47. The minimum absolute atomic E-state index is 0.0331. The summed E-state index contributed by atoms with van der Waals surface area (Å²) in [7, 11) is -4.40. The molecule has 0 saturated heterocycles. The van der Waals surface area contributed by atoms with Gasteiger partial charge in [0.05, 0.1) is 12.7 Å². The van der Waals surface area contributed by atoms with Crippen molar-refractivity contribution >= 4 is 19.2 Å². The van der Waals surface area contributed by atoms with Gasteiger partial charge in [-0.2, -0.15) is 0 Å². The van der Waals surface area contributed by atoms with Gasteiger partial charge in [-0.3, -0.25) is 4.79 Å². The summed E-state index contributed by atoms with van der Waals surface area (Å²) < 4.78 is 37.5. The monoisotopic (exact) mass is 563 g/mol. The molecule has 0 saturated carbocycles. The molecule has 3 rings (SSSR count). The topological polar surface area (TPSA) is 100 Å². The Bertz CT molecular complexity index is 1130. The van der Waals surface area contributed by atoms with Crippen LogP contribution in [-0.4, -0.2) is 36.0 Å². The zero-order valence-corrected chi connectivity index (χ0v) is 25.7. The van der Waals surface area contributed by atoms with Crippen LogP contribution >= 0.6 is 7.52 Å². The quantitative estimate of drug-likeness (QED) is 0.120. The Balaban J connectivity index is 2.14. The normalized spacial score (nSPS) is 21.9. The van der Waals surface area contributed by atoms with Crippen molar-refractivity contribution in [2.45, 2.75) is 118 Å². The molecule has 1 aromatic rings. The molecule has 1 N–H and O–H groups in total. The first-order valence-corrected chi connectivity index (χ1v) is 15.9. The van der Waals surface area contributed by atoms with E-state index in [1.54, 1.807) is 20.8 Å². The SMILES string of the molecule is CCCCCc1cc2c(c(OP(=O)(NC(C)C(=O)OCC)C(=O)OC(C)C)c1)C1C=C(C)CCC1C(C)(C)O2. The lowest BCUT2D eigenvalue weighted by atomic mass is 9.68. The van der Waals surface area contributed by atoms with Crippen molar-refractivity contribution in [3.05, 3.63) is 34.9 Å². The van der Waals surface area contributed by atoms with Gasteiger partial charge >= 0.3 is 19.2 Å². The van der Waals surface area contributed by atoms with Gasteiger partial charge in [0, 0.05) is 17.4 Å². The lowest BCUT2D eigenvalue weighted by molar-refractivity contribution is -0.144. The number of nitrogens with one attached hydrogen (secondary N) is 1. The second kappa shape index (κ2) is 12.9. The van der Waals surface area contributed by atoms with Gasteiger partial charge in [-0.15, -0.1) is 0 Å². The van der Waals surface area contributed by atoms with Gasteiger partial charge in [0.1, 0.15) is 23.1 Å². The largest absolute Gasteiger partial charge is 0.487 e. The van der Waals surface area contributed by atoms with Crippen molar-refractivity contribution in [2.75, 3.05) is 6.61 Å². The van der Waals surface area contributed by atoms with Crippen molar-refractivity contribution in [1.29, 1.82) is 0 Å². The summed E-state index contributed by atoms with van der Waals surface area (Å²) in [6.45, 7) is 15.2. The maximum absolute atomic E-state index is 14.3. The van der Waals surface area contributed by atoms with Gasteiger partial charge in [0.25, 0.3) is 0 Å². The molecule has 0 spiro atoms. The molecule has 218 valence electrons. The molecule has 1 heterocycles. The van der Waals surface area contributed by atoms with E-state index in [1.807, 2.05) is 6.07 Å². The average molecular weight is 564 g/mol. The maximum Gasteiger partial charge on any atom is 0.424 e. The van der Waals surface area contributed by atoms with Crippen LogP contribution < -0.4 is 14.3 Å². The molecule has 0 amide bonds. The van der Waals surface area contributed by atoms with E-state index in [0.29, 0.717) is 11.5 Å². The van der Waals surface area contributed by atoms with Crippen LogP contribution in [-0.2, 0) is 25.3 Å². The number of hydrogen-bond acceptors (Lipinski definition) is 7. The molecule has 0 bridgehead atoms. The van der Waals surface area contributed by atoms with Crippen molar-refractivity contribution < 1.29 is 32.9 Å². The van der Waals surface area contributed by atoms with Gasteiger partial charge in [-0.05, 0) is 91.8 Å². The summed E-state index contributed by atoms with van der Waals surface area (Å²) in [5.41, 5.74) is 1.58. The number of carbonyl (C=O) groups excluding carboxylic acids is 2. The van der Waals surface area contributed by atoms with Gasteiger partial charge in [0.15, 0.2) is 0 Å². The molecule has 0 aromatic heterocycles. The van der Waals surface area contributed by atoms with Gasteiger partial charge < -0.3 is 18.7 Å². The summed E-state index contributed by atoms with van der Waals surface area (Å²) in [6, 6.07) is 2.87. The van der Waals surface area contributed by atoms with E-state index in [9.17, 15) is 14.2 Å². The van der Waals surface area contributed by atoms with E-state index in [0.717, 1.165) is 49.7 Å². The van der Waals surface area contributed by atoms with Crippen LogP contribution in [0, 0.1) is 5.92 Å². The summed E-state index contributed by atoms with van der Waals surface area (Å²) in [4.78, 5) is 25.6. The Labute approximate surface area is 233 Å². The van der Waals surface area contributed by atoms with Crippen molar-refractivity contribution in [3.63, 3.8) is 0 Å². The number of allylic oxidation sites excluding steroid dienone is 2. The predicted octanol–water partition coefficient (Wildman–Crippen LogP) is 7.69. The van der Waals surface area contributed by atoms with Gasteiger partial charge in [-0.1, -0.05) is 31.4 Å². The molecule has 1 aromatic carbocycles. The molecule has 2 aliphatic rings. The fourth-order valence-electron chi connectivity index (χ4n) is 5.46. The fourth-order valence-corrected chi connectivity index (χ4v) is 7.09. The third-order valence-corrected chi connectivity index (χ3v) is 9.15. The average Bonchev–Trinajstić information content (AvgIpc) is 2.83. The van der Waals surface area contributed by atoms with E-state index < -0.39 is 36.9 Å². The first-order valence-electron chi connectivity index (χ1n) is 14.3. The third kappa shape index (κ3) is 7.46. The summed E-state index contributed by atoms with van der Waals surface area (Å²) in [5.74, 6) is 0.510. The van der Waals surface area contributed by atoms with Crippen molar-refractivity contribution in [1.82, 2.24) is 5.09 Å². The first-order chi connectivity index (χ1) is 18.3. The van der Waals surface area contributed by atoms with Crippen molar-refractivity contribution in [2.24, 2.45) is 5.92 Å². The van der Waals surface area contributed by atoms with Crippen molar-refractivity contribution in [3.8, 4) is 11.5 Å². The zero-order chi connectivity index (χ0) is 29.0. The minimum atomic E-state index is -4.40. The summed E-state index contributed by atoms with van der Waals surface area (Å²) >= 11 is 0. The number of ether oxygens (including phenoxy) is 3. The molecule has 9 heteroatoms. The second-order valence-corrected chi connectivity index (χ2v) is 13.4. The highest BCUT2D eigenvalue weighted by atomic mass is 31.2. The van der Waals surface area contributed by atoms with E-state index in [2.05, 4.69) is 44.9 Å². The number of esters is 1. The lowest BCUT2D eigenvalue weighted by Crippen LogP contribution is -2.45. The smallest absolute Gasteiger partial charge is 0.424 e. The van der Waals surface area contributed by atoms with Crippen LogP contribution in [0.5, 0.6) is 11.5 Å².